The van der Waals surface area contributed by atoms with Gasteiger partial charge in [0.05, 0.1) is 18.9 Å². The summed E-state index contributed by atoms with van der Waals surface area (Å²) in [5, 5.41) is 0.773. The van der Waals surface area contributed by atoms with Gasteiger partial charge in [0.25, 0.3) is 0 Å². The summed E-state index contributed by atoms with van der Waals surface area (Å²) < 4.78 is 18.0. The zero-order chi connectivity index (χ0) is 18.8. The average molecular weight is 419 g/mol. The molecule has 0 radical (unpaired) electrons. The summed E-state index contributed by atoms with van der Waals surface area (Å²) in [4.78, 5) is 13.5. The third kappa shape index (κ3) is 4.98. The number of fused-ring (bicyclic) bond motifs is 1. The van der Waals surface area contributed by atoms with E-state index in [2.05, 4.69) is 15.0 Å². The number of rotatable bonds is 5. The first-order chi connectivity index (χ1) is 13.8. The summed E-state index contributed by atoms with van der Waals surface area (Å²) in [5.74, 6) is 1.18. The largest absolute Gasteiger partial charge is 1.00 e. The van der Waals surface area contributed by atoms with Crippen molar-refractivity contribution in [3.63, 3.8) is 0 Å². The Morgan fingerprint density at radius 2 is 2.10 bits per heavy atom. The summed E-state index contributed by atoms with van der Waals surface area (Å²) in [5.41, 5.74) is 2.79. The standard InChI is InChI=1S/C21H22N3O3S.Na/c1-2-5-19-18(4-1)23-20(24-19)28-14-15-12-16(6-10-22-15)27-17-7-11-25-21(26-13-17)8-3-9-21;/h1-2,4-6,10,12,17H,3,7-9,11,13-14H2;/q-1;+1. The SMILES string of the molecule is [Na+].c1ccc2[n-]c(SCc3cc(OC4CCOC5(CCC5)OC4)ccn3)nc2c1. The van der Waals surface area contributed by atoms with Crippen molar-refractivity contribution in [1.82, 2.24) is 15.0 Å². The van der Waals surface area contributed by atoms with Crippen molar-refractivity contribution < 1.29 is 43.8 Å². The van der Waals surface area contributed by atoms with E-state index in [1.165, 1.54) is 6.42 Å². The fraction of sp³-hybridized carbons (Fsp3) is 0.429. The van der Waals surface area contributed by atoms with Gasteiger partial charge in [-0.1, -0.05) is 24.3 Å². The summed E-state index contributed by atoms with van der Waals surface area (Å²) >= 11 is 1.58. The number of ether oxygens (including phenoxy) is 3. The first-order valence-electron chi connectivity index (χ1n) is 9.70. The molecule has 146 valence electrons. The molecule has 1 aromatic carbocycles. The molecule has 1 atom stereocenters. The Bertz CT molecular complexity index is 930. The van der Waals surface area contributed by atoms with E-state index in [1.807, 2.05) is 36.4 Å². The third-order valence-corrected chi connectivity index (χ3v) is 6.09. The molecule has 6 nitrogen and oxygen atoms in total. The second kappa shape index (κ2) is 9.37. The molecule has 1 spiro atoms. The predicted octanol–water partition coefficient (Wildman–Crippen LogP) is 0.948. The second-order valence-electron chi connectivity index (χ2n) is 7.22. The summed E-state index contributed by atoms with van der Waals surface area (Å²) in [6, 6.07) is 11.8. The molecule has 1 aliphatic heterocycles. The molecular weight excluding hydrogens is 397 g/mol. The van der Waals surface area contributed by atoms with E-state index in [4.69, 9.17) is 14.2 Å². The van der Waals surface area contributed by atoms with Crippen LogP contribution in [0.1, 0.15) is 31.4 Å². The van der Waals surface area contributed by atoms with Crippen molar-refractivity contribution in [3.8, 4) is 5.75 Å². The molecule has 0 amide bonds. The number of benzene rings is 1. The van der Waals surface area contributed by atoms with E-state index < -0.39 is 0 Å². The van der Waals surface area contributed by atoms with Gasteiger partial charge in [-0.25, -0.2) is 0 Å². The molecule has 3 aromatic rings. The Morgan fingerprint density at radius 1 is 1.21 bits per heavy atom. The van der Waals surface area contributed by atoms with Crippen molar-refractivity contribution in [1.29, 1.82) is 0 Å². The minimum atomic E-state index is -0.332. The van der Waals surface area contributed by atoms with E-state index in [-0.39, 0.29) is 41.4 Å². The zero-order valence-corrected chi connectivity index (χ0v) is 19.4. The molecule has 2 fully saturated rings. The van der Waals surface area contributed by atoms with E-state index >= 15 is 0 Å². The summed E-state index contributed by atoms with van der Waals surface area (Å²) in [7, 11) is 0. The molecule has 3 heterocycles. The minimum absolute atomic E-state index is 0. The first-order valence-corrected chi connectivity index (χ1v) is 10.7. The van der Waals surface area contributed by atoms with Crippen LogP contribution in [-0.2, 0) is 15.2 Å². The van der Waals surface area contributed by atoms with Crippen LogP contribution in [0.5, 0.6) is 5.75 Å². The molecule has 1 saturated carbocycles. The van der Waals surface area contributed by atoms with Crippen molar-refractivity contribution in [2.75, 3.05) is 13.2 Å². The second-order valence-corrected chi connectivity index (χ2v) is 8.16. The van der Waals surface area contributed by atoms with Gasteiger partial charge in [0, 0.05) is 37.3 Å². The van der Waals surface area contributed by atoms with Crippen LogP contribution in [0.25, 0.3) is 11.0 Å². The molecule has 2 aromatic heterocycles. The molecule has 8 heteroatoms. The molecule has 1 aliphatic carbocycles. The molecule has 1 saturated heterocycles. The van der Waals surface area contributed by atoms with Crippen molar-refractivity contribution in [3.05, 3.63) is 48.3 Å². The van der Waals surface area contributed by atoms with Crippen molar-refractivity contribution in [2.45, 2.75) is 48.5 Å². The molecule has 29 heavy (non-hydrogen) atoms. The van der Waals surface area contributed by atoms with Gasteiger partial charge in [-0.05, 0) is 28.7 Å². The summed E-state index contributed by atoms with van der Waals surface area (Å²) in [6.07, 6.45) is 5.80. The minimum Gasteiger partial charge on any atom is -0.488 e. The molecule has 1 unspecified atom stereocenters. The smallest absolute Gasteiger partial charge is 0.488 e. The van der Waals surface area contributed by atoms with E-state index in [0.717, 1.165) is 46.9 Å². The fourth-order valence-electron chi connectivity index (χ4n) is 3.48. The van der Waals surface area contributed by atoms with Gasteiger partial charge in [-0.15, -0.1) is 11.8 Å². The number of aromatic nitrogens is 3. The first kappa shape index (κ1) is 21.2. The van der Waals surface area contributed by atoms with E-state index in [0.29, 0.717) is 19.0 Å². The Labute approximate surface area is 196 Å². The zero-order valence-electron chi connectivity index (χ0n) is 16.5. The van der Waals surface area contributed by atoms with E-state index in [1.54, 1.807) is 18.0 Å². The number of para-hydroxylation sites is 2. The van der Waals surface area contributed by atoms with Gasteiger partial charge in [0.2, 0.25) is 0 Å². The maximum atomic E-state index is 6.15. The number of imidazole rings is 1. The average Bonchev–Trinajstić information content (AvgIpc) is 2.98. The van der Waals surface area contributed by atoms with Gasteiger partial charge < -0.3 is 24.2 Å². The molecule has 0 bridgehead atoms. The molecular formula is C21H22N3NaO3S. The quantitative estimate of drug-likeness (QED) is 0.451. The van der Waals surface area contributed by atoms with Crippen molar-refractivity contribution >= 4 is 22.8 Å². The van der Waals surface area contributed by atoms with Gasteiger partial charge in [-0.3, -0.25) is 4.98 Å². The predicted molar refractivity (Wildman–Crippen MR) is 106 cm³/mol. The Balaban J connectivity index is 0.00000205. The maximum absolute atomic E-state index is 6.15. The van der Waals surface area contributed by atoms with Gasteiger partial charge in [0.1, 0.15) is 11.9 Å². The Kier molecular flexibility index (Phi) is 6.83. The van der Waals surface area contributed by atoms with Crippen LogP contribution >= 0.6 is 11.8 Å². The maximum Gasteiger partial charge on any atom is 1.00 e. The van der Waals surface area contributed by atoms with Crippen LogP contribution in [0.2, 0.25) is 0 Å². The van der Waals surface area contributed by atoms with Crippen LogP contribution in [0.3, 0.4) is 0 Å². The monoisotopic (exact) mass is 419 g/mol. The number of hydrogen-bond acceptors (Lipinski definition) is 6. The van der Waals surface area contributed by atoms with Gasteiger partial charge in [-0.2, -0.15) is 0 Å². The molecule has 5 rings (SSSR count). The topological polar surface area (TPSA) is 67.6 Å². The number of hydrogen-bond donors (Lipinski definition) is 0. The number of nitrogens with zero attached hydrogens (tertiary/aromatic N) is 3. The van der Waals surface area contributed by atoms with Crippen LogP contribution in [-0.4, -0.2) is 35.1 Å². The Morgan fingerprint density at radius 3 is 2.93 bits per heavy atom. The Hall–Kier alpha value is -1.09. The van der Waals surface area contributed by atoms with E-state index in [9.17, 15) is 0 Å². The number of thioether (sulfide) groups is 1. The van der Waals surface area contributed by atoms with Crippen LogP contribution in [0, 0.1) is 0 Å². The molecule has 2 aliphatic rings. The number of pyridine rings is 1. The molecule has 0 N–H and O–H groups in total. The van der Waals surface area contributed by atoms with Crippen LogP contribution in [0.15, 0.2) is 47.8 Å². The van der Waals surface area contributed by atoms with Crippen molar-refractivity contribution in [2.24, 2.45) is 0 Å². The van der Waals surface area contributed by atoms with Crippen LogP contribution in [0.4, 0.5) is 0 Å². The van der Waals surface area contributed by atoms with Gasteiger partial charge >= 0.3 is 29.6 Å². The normalized spacial score (nSPS) is 20.6. The van der Waals surface area contributed by atoms with Gasteiger partial charge in [0.15, 0.2) is 5.79 Å². The van der Waals surface area contributed by atoms with Crippen LogP contribution < -0.4 is 39.3 Å². The summed E-state index contributed by atoms with van der Waals surface area (Å²) in [6.45, 7) is 1.25. The fourth-order valence-corrected chi connectivity index (χ4v) is 4.24. The third-order valence-electron chi connectivity index (χ3n) is 5.21.